The van der Waals surface area contributed by atoms with Crippen LogP contribution in [0.1, 0.15) is 35.0 Å². The summed E-state index contributed by atoms with van der Waals surface area (Å²) >= 11 is 0. The third-order valence-electron chi connectivity index (χ3n) is 6.34. The zero-order valence-electron chi connectivity index (χ0n) is 17.8. The van der Waals surface area contributed by atoms with E-state index in [0.717, 1.165) is 22.9 Å². The molecule has 0 bridgehead atoms. The van der Waals surface area contributed by atoms with E-state index in [1.165, 1.54) is 6.07 Å². The first kappa shape index (κ1) is 20.5. The standard InChI is InChI=1S/C24H24N2O6/c1-14-11-19(27)22(29)23(32-14)17(13-20(28)25-7-9-31-10-8-25)18-12-16-4-2-3-15-5-6-26(21(15)16)24(18)30/h2-4,11-12,17,29H,5-10,13H2,1H3/t17-/m0/s1. The fourth-order valence-corrected chi connectivity index (χ4v) is 4.76. The van der Waals surface area contributed by atoms with Crippen molar-refractivity contribution in [3.63, 3.8) is 0 Å². The molecule has 1 atom stereocenters. The van der Waals surface area contributed by atoms with Crippen LogP contribution in [0.15, 0.2) is 44.3 Å². The molecule has 0 aliphatic carbocycles. The number of hydrogen-bond acceptors (Lipinski definition) is 6. The quantitative estimate of drug-likeness (QED) is 0.670. The number of carbonyl (C=O) groups excluding carboxylic acids is 1. The zero-order valence-corrected chi connectivity index (χ0v) is 17.8. The number of benzene rings is 1. The van der Waals surface area contributed by atoms with Gasteiger partial charge in [0, 0.05) is 37.7 Å². The Morgan fingerprint density at radius 2 is 1.94 bits per heavy atom. The number of nitrogens with zero attached hydrogens (tertiary/aromatic N) is 2. The first-order valence-electron chi connectivity index (χ1n) is 10.8. The lowest BCUT2D eigenvalue weighted by molar-refractivity contribution is -0.135. The predicted octanol–water partition coefficient (Wildman–Crippen LogP) is 1.91. The molecule has 2 aliphatic rings. The van der Waals surface area contributed by atoms with E-state index >= 15 is 0 Å². The van der Waals surface area contributed by atoms with Crippen molar-refractivity contribution in [2.24, 2.45) is 0 Å². The maximum atomic E-state index is 13.5. The van der Waals surface area contributed by atoms with Gasteiger partial charge in [-0.05, 0) is 30.4 Å². The van der Waals surface area contributed by atoms with Crippen molar-refractivity contribution in [2.45, 2.75) is 32.2 Å². The Kier molecular flexibility index (Phi) is 5.09. The molecule has 5 rings (SSSR count). The lowest BCUT2D eigenvalue weighted by atomic mass is 9.91. The molecule has 1 N–H and O–H groups in total. The third kappa shape index (κ3) is 3.40. The second kappa shape index (κ2) is 7.94. The van der Waals surface area contributed by atoms with E-state index in [-0.39, 0.29) is 23.6 Å². The number of aryl methyl sites for hydroxylation is 3. The molecule has 2 aliphatic heterocycles. The summed E-state index contributed by atoms with van der Waals surface area (Å²) in [6, 6.07) is 8.84. The summed E-state index contributed by atoms with van der Waals surface area (Å²) in [6.45, 7) is 3.97. The van der Waals surface area contributed by atoms with E-state index in [0.29, 0.717) is 44.2 Å². The summed E-state index contributed by atoms with van der Waals surface area (Å²) in [4.78, 5) is 40.6. The van der Waals surface area contributed by atoms with Gasteiger partial charge < -0.3 is 23.7 Å². The minimum Gasteiger partial charge on any atom is -0.502 e. The molecular weight excluding hydrogens is 412 g/mol. The molecule has 8 heteroatoms. The fourth-order valence-electron chi connectivity index (χ4n) is 4.76. The molecule has 0 radical (unpaired) electrons. The molecule has 4 heterocycles. The Morgan fingerprint density at radius 1 is 1.16 bits per heavy atom. The van der Waals surface area contributed by atoms with Gasteiger partial charge in [0.1, 0.15) is 5.76 Å². The normalized spacial score (nSPS) is 16.5. The topological polar surface area (TPSA) is 102 Å². The van der Waals surface area contributed by atoms with Crippen LogP contribution in [0.25, 0.3) is 10.9 Å². The largest absolute Gasteiger partial charge is 0.502 e. The van der Waals surface area contributed by atoms with Gasteiger partial charge in [0.05, 0.1) is 24.6 Å². The lowest BCUT2D eigenvalue weighted by Crippen LogP contribution is -2.41. The molecular formula is C24H24N2O6. The van der Waals surface area contributed by atoms with Gasteiger partial charge in [0.2, 0.25) is 17.1 Å². The van der Waals surface area contributed by atoms with E-state index in [1.807, 2.05) is 18.2 Å². The van der Waals surface area contributed by atoms with Crippen LogP contribution in [0.2, 0.25) is 0 Å². The average Bonchev–Trinajstić information content (AvgIpc) is 3.23. The van der Waals surface area contributed by atoms with E-state index < -0.39 is 17.1 Å². The minimum atomic E-state index is -0.886. The highest BCUT2D eigenvalue weighted by Crippen LogP contribution is 2.34. The summed E-state index contributed by atoms with van der Waals surface area (Å²) in [5.74, 6) is -1.38. The first-order valence-corrected chi connectivity index (χ1v) is 10.8. The van der Waals surface area contributed by atoms with E-state index in [1.54, 1.807) is 22.5 Å². The number of morpholine rings is 1. The van der Waals surface area contributed by atoms with Crippen LogP contribution >= 0.6 is 0 Å². The number of pyridine rings is 1. The summed E-state index contributed by atoms with van der Waals surface area (Å²) in [5, 5.41) is 11.4. The Labute approximate surface area is 183 Å². The maximum Gasteiger partial charge on any atom is 0.255 e. The van der Waals surface area contributed by atoms with Crippen LogP contribution in [-0.2, 0) is 22.5 Å². The van der Waals surface area contributed by atoms with Crippen LogP contribution in [0.4, 0.5) is 0 Å². The molecule has 1 saturated heterocycles. The monoisotopic (exact) mass is 436 g/mol. The number of rotatable bonds is 4. The highest BCUT2D eigenvalue weighted by atomic mass is 16.5. The maximum absolute atomic E-state index is 13.5. The fraction of sp³-hybridized carbons (Fsp3) is 0.375. The van der Waals surface area contributed by atoms with Crippen LogP contribution in [0, 0.1) is 6.92 Å². The van der Waals surface area contributed by atoms with Crippen LogP contribution in [0.5, 0.6) is 5.75 Å². The summed E-state index contributed by atoms with van der Waals surface area (Å²) in [5.41, 5.74) is 1.51. The highest BCUT2D eigenvalue weighted by Gasteiger charge is 2.32. The van der Waals surface area contributed by atoms with Gasteiger partial charge in [-0.15, -0.1) is 0 Å². The van der Waals surface area contributed by atoms with Gasteiger partial charge in [0.15, 0.2) is 5.76 Å². The van der Waals surface area contributed by atoms with E-state index in [4.69, 9.17) is 9.15 Å². The average molecular weight is 436 g/mol. The number of carbonyl (C=O) groups is 1. The molecule has 2 aromatic heterocycles. The summed E-state index contributed by atoms with van der Waals surface area (Å²) < 4.78 is 12.8. The summed E-state index contributed by atoms with van der Waals surface area (Å²) in [6.07, 6.45) is 0.665. The number of aromatic nitrogens is 1. The van der Waals surface area contributed by atoms with Crippen molar-refractivity contribution >= 4 is 16.8 Å². The molecule has 1 amide bonds. The van der Waals surface area contributed by atoms with Crippen molar-refractivity contribution in [3.8, 4) is 5.75 Å². The molecule has 8 nitrogen and oxygen atoms in total. The zero-order chi connectivity index (χ0) is 22.4. The Balaban J connectivity index is 1.67. The molecule has 1 aromatic carbocycles. The third-order valence-corrected chi connectivity index (χ3v) is 6.34. The van der Waals surface area contributed by atoms with Gasteiger partial charge in [-0.1, -0.05) is 18.2 Å². The van der Waals surface area contributed by atoms with E-state index in [9.17, 15) is 19.5 Å². The number of aromatic hydroxyl groups is 1. The Bertz CT molecular complexity index is 1330. The van der Waals surface area contributed by atoms with Crippen LogP contribution < -0.4 is 11.0 Å². The number of para-hydroxylation sites is 1. The molecule has 0 saturated carbocycles. The SMILES string of the molecule is Cc1cc(=O)c(O)c([C@@H](CC(=O)N2CCOCC2)c2cc3cccc4c3n(c2=O)CC4)o1. The number of amides is 1. The molecule has 32 heavy (non-hydrogen) atoms. The molecule has 3 aromatic rings. The minimum absolute atomic E-state index is 0.0463. The van der Waals surface area contributed by atoms with Gasteiger partial charge in [-0.3, -0.25) is 14.4 Å². The van der Waals surface area contributed by atoms with Crippen molar-refractivity contribution in [3.05, 3.63) is 73.6 Å². The van der Waals surface area contributed by atoms with Gasteiger partial charge in [-0.2, -0.15) is 0 Å². The second-order valence-electron chi connectivity index (χ2n) is 8.35. The van der Waals surface area contributed by atoms with Crippen molar-refractivity contribution in [1.29, 1.82) is 0 Å². The first-order chi connectivity index (χ1) is 15.4. The lowest BCUT2D eigenvalue weighted by Gasteiger charge is -2.28. The number of ether oxygens (including phenoxy) is 1. The van der Waals surface area contributed by atoms with Gasteiger partial charge in [0.25, 0.3) is 5.56 Å². The van der Waals surface area contributed by atoms with Gasteiger partial charge >= 0.3 is 0 Å². The second-order valence-corrected chi connectivity index (χ2v) is 8.35. The Morgan fingerprint density at radius 3 is 2.72 bits per heavy atom. The van der Waals surface area contributed by atoms with Gasteiger partial charge in [-0.25, -0.2) is 0 Å². The van der Waals surface area contributed by atoms with Crippen LogP contribution in [-0.4, -0.2) is 46.8 Å². The van der Waals surface area contributed by atoms with Crippen molar-refractivity contribution in [2.75, 3.05) is 26.3 Å². The summed E-state index contributed by atoms with van der Waals surface area (Å²) in [7, 11) is 0. The van der Waals surface area contributed by atoms with Crippen molar-refractivity contribution in [1.82, 2.24) is 9.47 Å². The predicted molar refractivity (Wildman–Crippen MR) is 117 cm³/mol. The Hall–Kier alpha value is -3.39. The molecule has 166 valence electrons. The highest BCUT2D eigenvalue weighted by molar-refractivity contribution is 5.85. The van der Waals surface area contributed by atoms with Crippen molar-refractivity contribution < 1.29 is 19.1 Å². The van der Waals surface area contributed by atoms with E-state index in [2.05, 4.69) is 0 Å². The smallest absolute Gasteiger partial charge is 0.255 e. The number of hydrogen-bond donors (Lipinski definition) is 1. The van der Waals surface area contributed by atoms with Crippen LogP contribution in [0.3, 0.4) is 0 Å². The molecule has 1 fully saturated rings. The molecule has 0 spiro atoms. The molecule has 0 unspecified atom stereocenters.